The normalized spacial score (nSPS) is 43.3. The largest absolute Gasteiger partial charge is 0.303 e. The van der Waals surface area contributed by atoms with Gasteiger partial charge in [0.2, 0.25) is 0 Å². The Morgan fingerprint density at radius 2 is 1.00 bits per heavy atom. The lowest BCUT2D eigenvalue weighted by Crippen LogP contribution is -2.42. The highest BCUT2D eigenvalue weighted by Gasteiger charge is 2.36. The summed E-state index contributed by atoms with van der Waals surface area (Å²) >= 11 is 0. The highest BCUT2D eigenvalue weighted by atomic mass is 14.6. The van der Waals surface area contributed by atoms with Crippen LogP contribution in [0.15, 0.2) is 0 Å². The van der Waals surface area contributed by atoms with Crippen molar-refractivity contribution in [3.8, 4) is 0 Å². The van der Waals surface area contributed by atoms with Gasteiger partial charge in [-0.25, -0.2) is 0 Å². The van der Waals surface area contributed by atoms with Crippen molar-refractivity contribution in [2.24, 2.45) is 23.7 Å². The summed E-state index contributed by atoms with van der Waals surface area (Å²) in [6, 6.07) is 0. The lowest BCUT2D eigenvalue weighted by Gasteiger charge is -2.37. The van der Waals surface area contributed by atoms with E-state index in [0.29, 0.717) is 23.3 Å². The maximum atomic E-state index is 7.73. The molecular formula is C10H18N2. The molecule has 68 valence electrons. The van der Waals surface area contributed by atoms with Gasteiger partial charge in [-0.15, -0.1) is 0 Å². The van der Waals surface area contributed by atoms with Crippen molar-refractivity contribution in [1.29, 1.82) is 10.8 Å². The second-order valence-electron chi connectivity index (χ2n) is 4.12. The van der Waals surface area contributed by atoms with Crippen LogP contribution >= 0.6 is 0 Å². The van der Waals surface area contributed by atoms with E-state index in [1.807, 2.05) is 0 Å². The van der Waals surface area contributed by atoms with E-state index in [1.165, 1.54) is 0 Å². The van der Waals surface area contributed by atoms with Crippen LogP contribution in [0.1, 0.15) is 27.7 Å². The summed E-state index contributed by atoms with van der Waals surface area (Å²) in [6.07, 6.45) is 0. The average Bonchev–Trinajstić information content (AvgIpc) is 2.08. The number of hydrogen-bond donors (Lipinski definition) is 2. The molecular weight excluding hydrogens is 148 g/mol. The molecule has 0 aromatic carbocycles. The van der Waals surface area contributed by atoms with E-state index in [0.717, 1.165) is 0 Å². The van der Waals surface area contributed by atoms with Crippen LogP contribution in [0.2, 0.25) is 0 Å². The Balaban J connectivity index is 2.91. The summed E-state index contributed by atoms with van der Waals surface area (Å²) in [5.74, 6) is 1.62. The summed E-state index contributed by atoms with van der Waals surface area (Å²) < 4.78 is 0. The molecule has 1 rings (SSSR count). The van der Waals surface area contributed by atoms with Crippen molar-refractivity contribution in [1.82, 2.24) is 0 Å². The Kier molecular flexibility index (Phi) is 2.36. The predicted molar refractivity (Wildman–Crippen MR) is 52.1 cm³/mol. The fraction of sp³-hybridized carbons (Fsp3) is 0.800. The average molecular weight is 166 g/mol. The molecule has 0 bridgehead atoms. The molecule has 12 heavy (non-hydrogen) atoms. The van der Waals surface area contributed by atoms with Crippen LogP contribution in [0.5, 0.6) is 0 Å². The third-order valence-electron chi connectivity index (χ3n) is 3.61. The third-order valence-corrected chi connectivity index (χ3v) is 3.61. The molecule has 0 amide bonds. The first-order chi connectivity index (χ1) is 5.46. The van der Waals surface area contributed by atoms with Gasteiger partial charge >= 0.3 is 0 Å². The number of nitrogens with one attached hydrogen (secondary N) is 2. The van der Waals surface area contributed by atoms with Crippen molar-refractivity contribution >= 4 is 11.4 Å². The monoisotopic (exact) mass is 166 g/mol. The fourth-order valence-corrected chi connectivity index (χ4v) is 1.93. The Morgan fingerprint density at radius 1 is 0.750 bits per heavy atom. The molecule has 0 saturated heterocycles. The molecule has 1 fully saturated rings. The topological polar surface area (TPSA) is 47.7 Å². The molecule has 4 unspecified atom stereocenters. The molecule has 2 nitrogen and oxygen atoms in total. The molecule has 1 saturated carbocycles. The second-order valence-corrected chi connectivity index (χ2v) is 4.12. The molecule has 0 aromatic heterocycles. The Bertz CT molecular complexity index is 196. The molecule has 0 aliphatic heterocycles. The van der Waals surface area contributed by atoms with Gasteiger partial charge in [-0.1, -0.05) is 27.7 Å². The number of hydrogen-bond acceptors (Lipinski definition) is 2. The van der Waals surface area contributed by atoms with Crippen molar-refractivity contribution in [3.05, 3.63) is 0 Å². The Labute approximate surface area is 74.4 Å². The standard InChI is InChI=1S/C10H18N2/c1-5-6(2)8(4)10(12)9(11)7(5)3/h5-8,11-12H,1-4H3. The van der Waals surface area contributed by atoms with Crippen molar-refractivity contribution in [3.63, 3.8) is 0 Å². The quantitative estimate of drug-likeness (QED) is 0.555. The smallest absolute Gasteiger partial charge is 0.0555 e. The van der Waals surface area contributed by atoms with Crippen molar-refractivity contribution in [2.75, 3.05) is 0 Å². The molecule has 1 aliphatic carbocycles. The molecule has 0 spiro atoms. The summed E-state index contributed by atoms with van der Waals surface area (Å²) in [4.78, 5) is 0. The molecule has 2 heteroatoms. The zero-order chi connectivity index (χ0) is 9.46. The first-order valence-electron chi connectivity index (χ1n) is 4.64. The van der Waals surface area contributed by atoms with Crippen molar-refractivity contribution < 1.29 is 0 Å². The van der Waals surface area contributed by atoms with Gasteiger partial charge in [0, 0.05) is 11.8 Å². The SMILES string of the molecule is CC1C(=N)C(=N)C(C)C(C)C1C. The van der Waals surface area contributed by atoms with Crippen LogP contribution in [-0.4, -0.2) is 11.4 Å². The van der Waals surface area contributed by atoms with Gasteiger partial charge in [0.25, 0.3) is 0 Å². The van der Waals surface area contributed by atoms with Gasteiger partial charge in [-0.05, 0) is 11.8 Å². The van der Waals surface area contributed by atoms with Gasteiger partial charge in [-0.2, -0.15) is 0 Å². The minimum atomic E-state index is 0.267. The number of rotatable bonds is 0. The van der Waals surface area contributed by atoms with Crippen LogP contribution in [-0.2, 0) is 0 Å². The molecule has 0 heterocycles. The minimum absolute atomic E-state index is 0.267. The van der Waals surface area contributed by atoms with Crippen LogP contribution in [0.3, 0.4) is 0 Å². The van der Waals surface area contributed by atoms with Gasteiger partial charge in [0.15, 0.2) is 0 Å². The van der Waals surface area contributed by atoms with E-state index in [9.17, 15) is 0 Å². The van der Waals surface area contributed by atoms with E-state index in [1.54, 1.807) is 0 Å². The van der Waals surface area contributed by atoms with Crippen LogP contribution < -0.4 is 0 Å². The van der Waals surface area contributed by atoms with Gasteiger partial charge < -0.3 is 10.8 Å². The fourth-order valence-electron chi connectivity index (χ4n) is 1.93. The lowest BCUT2D eigenvalue weighted by atomic mass is 9.67. The Hall–Kier alpha value is -0.660. The maximum Gasteiger partial charge on any atom is 0.0555 e. The molecule has 4 atom stereocenters. The van der Waals surface area contributed by atoms with E-state index in [2.05, 4.69) is 27.7 Å². The summed E-state index contributed by atoms with van der Waals surface area (Å²) in [6.45, 7) is 8.49. The highest BCUT2D eigenvalue weighted by Crippen LogP contribution is 2.34. The molecule has 2 N–H and O–H groups in total. The van der Waals surface area contributed by atoms with Gasteiger partial charge in [0.1, 0.15) is 0 Å². The van der Waals surface area contributed by atoms with Crippen LogP contribution in [0.4, 0.5) is 0 Å². The maximum absolute atomic E-state index is 7.73. The first-order valence-corrected chi connectivity index (χ1v) is 4.64. The predicted octanol–water partition coefficient (Wildman–Crippen LogP) is 2.58. The first kappa shape index (κ1) is 9.43. The van der Waals surface area contributed by atoms with Crippen LogP contribution in [0.25, 0.3) is 0 Å². The second kappa shape index (κ2) is 3.00. The third kappa shape index (κ3) is 1.19. The summed E-state index contributed by atoms with van der Waals surface area (Å²) in [7, 11) is 0. The molecule has 1 aliphatic rings. The molecule has 0 radical (unpaired) electrons. The zero-order valence-corrected chi connectivity index (χ0v) is 8.31. The van der Waals surface area contributed by atoms with Crippen LogP contribution in [0, 0.1) is 34.5 Å². The van der Waals surface area contributed by atoms with Gasteiger partial charge in [0.05, 0.1) is 11.4 Å². The van der Waals surface area contributed by atoms with Gasteiger partial charge in [-0.3, -0.25) is 0 Å². The Morgan fingerprint density at radius 3 is 1.25 bits per heavy atom. The van der Waals surface area contributed by atoms with Crippen molar-refractivity contribution in [2.45, 2.75) is 27.7 Å². The molecule has 0 aromatic rings. The summed E-state index contributed by atoms with van der Waals surface area (Å²) in [5.41, 5.74) is 1.10. The lowest BCUT2D eigenvalue weighted by molar-refractivity contribution is 0.277. The minimum Gasteiger partial charge on any atom is -0.303 e. The van der Waals surface area contributed by atoms with E-state index in [4.69, 9.17) is 10.8 Å². The summed E-state index contributed by atoms with van der Waals surface area (Å²) in [5, 5.41) is 15.5. The highest BCUT2D eigenvalue weighted by molar-refractivity contribution is 6.41. The van der Waals surface area contributed by atoms with E-state index >= 15 is 0 Å². The zero-order valence-electron chi connectivity index (χ0n) is 8.31. The van der Waals surface area contributed by atoms with E-state index in [-0.39, 0.29) is 11.8 Å². The van der Waals surface area contributed by atoms with E-state index < -0.39 is 0 Å².